The summed E-state index contributed by atoms with van der Waals surface area (Å²) in [6.45, 7) is 13.3. The van der Waals surface area contributed by atoms with E-state index in [-0.39, 0.29) is 46.5 Å². The van der Waals surface area contributed by atoms with Gasteiger partial charge < -0.3 is 5.11 Å². The summed E-state index contributed by atoms with van der Waals surface area (Å²) in [5, 5.41) is 10.9. The van der Waals surface area contributed by atoms with Crippen LogP contribution < -0.4 is 0 Å². The minimum Gasteiger partial charge on any atom is -0.508 e. The standard InChI is InChI=1S/C13H12O.C8H13Si.C2H6Si.2ClH.Ti/c1-10-7-12(9-13(14)8-10)11-5-3-2-4-6-11;1-9(2,3)8-6-4-5-7-8;1-3-2;;;/h2-9,14H,1H3;4,6H,5H2,1-3H3;1-2H3;2*1H;/q;-1;;;;. The Hall–Kier alpha value is -0.552. The largest absolute Gasteiger partial charge is 0.508 e. The van der Waals surface area contributed by atoms with E-state index in [1.807, 2.05) is 37.3 Å². The minimum absolute atomic E-state index is 0. The summed E-state index contributed by atoms with van der Waals surface area (Å²) in [4.78, 5) is 0. The van der Waals surface area contributed by atoms with Gasteiger partial charge in [-0.1, -0.05) is 69.1 Å². The van der Waals surface area contributed by atoms with Gasteiger partial charge in [-0.3, -0.25) is 6.08 Å². The van der Waals surface area contributed by atoms with Crippen molar-refractivity contribution in [3.8, 4) is 16.9 Å². The molecule has 1 aliphatic carbocycles. The average molecular weight is 500 g/mol. The topological polar surface area (TPSA) is 20.2 Å². The van der Waals surface area contributed by atoms with Crippen LogP contribution in [0.15, 0.2) is 65.9 Å². The number of hydrogen-bond donors (Lipinski definition) is 1. The Labute approximate surface area is 208 Å². The number of aromatic hydroxyl groups is 1. The van der Waals surface area contributed by atoms with Crippen molar-refractivity contribution in [1.82, 2.24) is 0 Å². The van der Waals surface area contributed by atoms with Gasteiger partial charge in [0.1, 0.15) is 5.75 Å². The van der Waals surface area contributed by atoms with E-state index >= 15 is 0 Å². The number of halogens is 2. The molecular weight excluding hydrogens is 467 g/mol. The van der Waals surface area contributed by atoms with Crippen LogP contribution >= 0.6 is 24.8 Å². The van der Waals surface area contributed by atoms with E-state index in [2.05, 4.69) is 57.0 Å². The molecule has 1 nitrogen and oxygen atoms in total. The summed E-state index contributed by atoms with van der Waals surface area (Å²) in [5.74, 6) is 0.323. The van der Waals surface area contributed by atoms with Gasteiger partial charge in [-0.2, -0.15) is 6.08 Å². The second-order valence-corrected chi connectivity index (χ2v) is 13.4. The molecule has 0 spiro atoms. The fourth-order valence-electron chi connectivity index (χ4n) is 2.48. The summed E-state index contributed by atoms with van der Waals surface area (Å²) < 4.78 is 0. The van der Waals surface area contributed by atoms with Crippen LogP contribution in [0.2, 0.25) is 32.7 Å². The summed E-state index contributed by atoms with van der Waals surface area (Å²) in [7, 11) is 0.0779. The van der Waals surface area contributed by atoms with Gasteiger partial charge in [0, 0.05) is 39.3 Å². The maximum Gasteiger partial charge on any atom is 0.116 e. The molecule has 0 unspecified atom stereocenters. The van der Waals surface area contributed by atoms with Crippen molar-refractivity contribution < 1.29 is 26.8 Å². The predicted octanol–water partition coefficient (Wildman–Crippen LogP) is 7.55. The van der Waals surface area contributed by atoms with E-state index in [4.69, 9.17) is 0 Å². The number of aryl methyl sites for hydroxylation is 1. The summed E-state index contributed by atoms with van der Waals surface area (Å²) in [6.07, 6.45) is 8.82. The monoisotopic (exact) mass is 499 g/mol. The van der Waals surface area contributed by atoms with Crippen LogP contribution in [-0.2, 0) is 21.7 Å². The fourth-order valence-corrected chi connectivity index (χ4v) is 3.73. The van der Waals surface area contributed by atoms with Crippen LogP contribution in [0.5, 0.6) is 5.75 Å². The molecule has 2 aromatic rings. The van der Waals surface area contributed by atoms with Crippen LogP contribution in [0.25, 0.3) is 11.1 Å². The van der Waals surface area contributed by atoms with E-state index in [0.29, 0.717) is 5.75 Å². The van der Waals surface area contributed by atoms with Gasteiger partial charge in [0.25, 0.3) is 0 Å². The van der Waals surface area contributed by atoms with Crippen molar-refractivity contribution in [1.29, 1.82) is 0 Å². The predicted molar refractivity (Wildman–Crippen MR) is 134 cm³/mol. The van der Waals surface area contributed by atoms with Crippen LogP contribution in [-0.4, -0.2) is 22.7 Å². The number of benzene rings is 2. The maximum atomic E-state index is 9.46. The number of phenolic OH excluding ortho intramolecular Hbond substituents is 1. The molecule has 6 heteroatoms. The molecule has 0 aromatic heterocycles. The molecular formula is C23H33Cl2OSi2Ti-. The maximum absolute atomic E-state index is 9.46. The van der Waals surface area contributed by atoms with E-state index in [0.717, 1.165) is 32.6 Å². The van der Waals surface area contributed by atoms with Crippen molar-refractivity contribution in [2.75, 3.05) is 0 Å². The first kappa shape index (κ1) is 33.1. The Morgan fingerprint density at radius 2 is 1.48 bits per heavy atom. The molecule has 158 valence electrons. The van der Waals surface area contributed by atoms with Crippen LogP contribution in [0, 0.1) is 13.0 Å². The van der Waals surface area contributed by atoms with E-state index in [1.54, 1.807) is 12.1 Å². The average Bonchev–Trinajstić information content (AvgIpc) is 3.11. The van der Waals surface area contributed by atoms with E-state index < -0.39 is 8.07 Å². The molecule has 3 rings (SSSR count). The van der Waals surface area contributed by atoms with Crippen molar-refractivity contribution in [3.63, 3.8) is 0 Å². The van der Waals surface area contributed by atoms with Gasteiger partial charge in [-0.05, 0) is 35.7 Å². The molecule has 1 aliphatic rings. The quantitative estimate of drug-likeness (QED) is 0.334. The van der Waals surface area contributed by atoms with Crippen LogP contribution in [0.3, 0.4) is 0 Å². The normalized spacial score (nSPS) is 11.2. The van der Waals surface area contributed by atoms with Gasteiger partial charge in [-0.25, -0.2) is 11.3 Å². The zero-order valence-corrected chi connectivity index (χ0v) is 23.4. The summed E-state index contributed by atoms with van der Waals surface area (Å²) in [6, 6.07) is 15.6. The number of phenols is 1. The van der Waals surface area contributed by atoms with Crippen molar-refractivity contribution in [2.45, 2.75) is 46.1 Å². The Balaban J connectivity index is -0.000000397. The van der Waals surface area contributed by atoms with Crippen LogP contribution in [0.1, 0.15) is 12.0 Å². The molecule has 0 bridgehead atoms. The number of rotatable bonds is 2. The van der Waals surface area contributed by atoms with Gasteiger partial charge in [0.2, 0.25) is 0 Å². The van der Waals surface area contributed by atoms with E-state index in [1.165, 1.54) is 5.20 Å². The SMILES string of the molecule is C[Si](C)(C)C1=[C-]CC=C1.C[Si]C.Cc1cc(O)cc(-c2ccccc2)c1.Cl.Cl.[Ti]. The van der Waals surface area contributed by atoms with Crippen LogP contribution in [0.4, 0.5) is 0 Å². The van der Waals surface area contributed by atoms with Crippen molar-refractivity contribution in [2.24, 2.45) is 0 Å². The van der Waals surface area contributed by atoms with Crippen molar-refractivity contribution >= 4 is 42.4 Å². The van der Waals surface area contributed by atoms with Gasteiger partial charge in [0.05, 0.1) is 0 Å². The number of allylic oxidation sites excluding steroid dienone is 4. The smallest absolute Gasteiger partial charge is 0.116 e. The molecule has 0 saturated carbocycles. The third kappa shape index (κ3) is 13.4. The molecule has 0 amide bonds. The Kier molecular flexibility index (Phi) is 19.6. The number of hydrogen-bond acceptors (Lipinski definition) is 1. The first-order valence-corrected chi connectivity index (χ1v) is 14.5. The first-order chi connectivity index (χ1) is 12.3. The summed E-state index contributed by atoms with van der Waals surface area (Å²) >= 11 is 0. The third-order valence-electron chi connectivity index (χ3n) is 3.67. The van der Waals surface area contributed by atoms with E-state index in [9.17, 15) is 5.11 Å². The zero-order chi connectivity index (χ0) is 19.6. The molecule has 29 heavy (non-hydrogen) atoms. The zero-order valence-electron chi connectivity index (χ0n) is 18.2. The second-order valence-electron chi connectivity index (χ2n) is 7.37. The van der Waals surface area contributed by atoms with Gasteiger partial charge >= 0.3 is 0 Å². The van der Waals surface area contributed by atoms with Gasteiger partial charge in [-0.15, -0.1) is 31.2 Å². The first-order valence-electron chi connectivity index (χ1n) is 9.00. The molecule has 0 aliphatic heterocycles. The minimum atomic E-state index is -1.01. The molecule has 0 heterocycles. The van der Waals surface area contributed by atoms with Crippen molar-refractivity contribution in [3.05, 3.63) is 77.5 Å². The molecule has 1 N–H and O–H groups in total. The molecule has 0 saturated heterocycles. The Morgan fingerprint density at radius 3 is 1.86 bits per heavy atom. The fraction of sp³-hybridized carbons (Fsp3) is 0.304. The summed E-state index contributed by atoms with van der Waals surface area (Å²) in [5.41, 5.74) is 3.26. The third-order valence-corrected chi connectivity index (χ3v) is 5.63. The van der Waals surface area contributed by atoms with Gasteiger partial charge in [0.15, 0.2) is 0 Å². The molecule has 0 atom stereocenters. The Bertz CT molecular complexity index is 722. The molecule has 2 aromatic carbocycles. The molecule has 2 radical (unpaired) electrons. The Morgan fingerprint density at radius 1 is 0.931 bits per heavy atom. The molecule has 0 fully saturated rings. The second kappa shape index (κ2) is 17.2.